The second kappa shape index (κ2) is 6.23. The van der Waals surface area contributed by atoms with Gasteiger partial charge in [-0.3, -0.25) is 29.4 Å². The van der Waals surface area contributed by atoms with Gasteiger partial charge in [-0.25, -0.2) is 0 Å². The van der Waals surface area contributed by atoms with Gasteiger partial charge >= 0.3 is 0 Å². The number of amides is 4. The van der Waals surface area contributed by atoms with Crippen molar-refractivity contribution in [3.05, 3.63) is 29.3 Å². The van der Waals surface area contributed by atoms with Gasteiger partial charge in [0, 0.05) is 18.2 Å². The fourth-order valence-electron chi connectivity index (χ4n) is 3.08. The molecular formula is C19H23N3O4. The fourth-order valence-corrected chi connectivity index (χ4v) is 3.08. The van der Waals surface area contributed by atoms with Crippen molar-refractivity contribution in [2.45, 2.75) is 52.6 Å². The predicted molar refractivity (Wildman–Crippen MR) is 95.7 cm³/mol. The summed E-state index contributed by atoms with van der Waals surface area (Å²) in [5.74, 6) is -1.98. The molecular weight excluding hydrogens is 334 g/mol. The summed E-state index contributed by atoms with van der Waals surface area (Å²) in [5.41, 5.74) is 1.11. The van der Waals surface area contributed by atoms with E-state index in [9.17, 15) is 19.2 Å². The Morgan fingerprint density at radius 1 is 1.15 bits per heavy atom. The van der Waals surface area contributed by atoms with Crippen molar-refractivity contribution in [3.8, 4) is 0 Å². The van der Waals surface area contributed by atoms with Gasteiger partial charge in [-0.1, -0.05) is 26.8 Å². The van der Waals surface area contributed by atoms with Crippen LogP contribution in [0.15, 0.2) is 18.2 Å². The number of fused-ring (bicyclic) bond motifs is 1. The normalized spacial score (nSPS) is 21.5. The summed E-state index contributed by atoms with van der Waals surface area (Å²) in [5, 5.41) is 5.52. The summed E-state index contributed by atoms with van der Waals surface area (Å²) in [4.78, 5) is 50.2. The Balaban J connectivity index is 1.94. The lowest BCUT2D eigenvalue weighted by atomic mass is 9.87. The van der Waals surface area contributed by atoms with E-state index in [1.54, 1.807) is 18.2 Å². The van der Waals surface area contributed by atoms with Crippen molar-refractivity contribution in [2.24, 2.45) is 5.41 Å². The molecule has 0 spiro atoms. The summed E-state index contributed by atoms with van der Waals surface area (Å²) in [6.45, 7) is 8.25. The average Bonchev–Trinajstić information content (AvgIpc) is 2.79. The Labute approximate surface area is 152 Å². The molecule has 2 aliphatic rings. The first-order valence-electron chi connectivity index (χ1n) is 8.72. The molecule has 2 heterocycles. The number of benzene rings is 1. The lowest BCUT2D eigenvalue weighted by Gasteiger charge is -2.30. The quantitative estimate of drug-likeness (QED) is 0.806. The molecule has 1 aromatic rings. The third kappa shape index (κ3) is 2.98. The molecule has 3 rings (SSSR count). The molecule has 2 N–H and O–H groups in total. The average molecular weight is 357 g/mol. The Bertz CT molecular complexity index is 809. The smallest absolute Gasteiger partial charge is 0.264 e. The molecule has 2 atom stereocenters. The number of carbonyl (C=O) groups is 4. The van der Waals surface area contributed by atoms with E-state index >= 15 is 0 Å². The van der Waals surface area contributed by atoms with E-state index in [4.69, 9.17) is 0 Å². The van der Waals surface area contributed by atoms with E-state index < -0.39 is 23.8 Å². The van der Waals surface area contributed by atoms with Crippen molar-refractivity contribution in [3.63, 3.8) is 0 Å². The first-order chi connectivity index (χ1) is 12.1. The highest BCUT2D eigenvalue weighted by Gasteiger charge is 2.45. The number of anilines is 1. The number of hydrogen-bond donors (Lipinski definition) is 2. The number of nitrogens with one attached hydrogen (secondary N) is 2. The van der Waals surface area contributed by atoms with Gasteiger partial charge in [-0.15, -0.1) is 0 Å². The molecule has 2 unspecified atom stereocenters. The van der Waals surface area contributed by atoms with Gasteiger partial charge in [0.25, 0.3) is 11.8 Å². The van der Waals surface area contributed by atoms with E-state index in [0.717, 1.165) is 4.90 Å². The summed E-state index contributed by atoms with van der Waals surface area (Å²) in [6, 6.07) is 4.18. The van der Waals surface area contributed by atoms with Crippen LogP contribution in [0.4, 0.5) is 5.69 Å². The van der Waals surface area contributed by atoms with Crippen LogP contribution in [0.25, 0.3) is 0 Å². The number of piperidine rings is 1. The maximum Gasteiger partial charge on any atom is 0.264 e. The number of carbonyl (C=O) groups excluding carboxylic acids is 4. The molecule has 0 bridgehead atoms. The molecule has 1 saturated heterocycles. The van der Waals surface area contributed by atoms with Gasteiger partial charge in [0.2, 0.25) is 11.8 Å². The molecule has 7 nitrogen and oxygen atoms in total. The molecule has 0 aromatic heterocycles. The molecule has 1 aromatic carbocycles. The van der Waals surface area contributed by atoms with Crippen LogP contribution in [-0.4, -0.2) is 40.6 Å². The van der Waals surface area contributed by atoms with Crippen LogP contribution >= 0.6 is 0 Å². The van der Waals surface area contributed by atoms with Crippen LogP contribution in [0.1, 0.15) is 61.3 Å². The molecule has 1 fully saturated rings. The van der Waals surface area contributed by atoms with Crippen LogP contribution in [0.5, 0.6) is 0 Å². The standard InChI is InChI=1S/C19H23N3O4/c1-10(19(2,3)4)20-12-7-5-6-11-15(12)18(26)22(17(11)25)13-8-9-14(23)21-16(13)24/h5-7,10,13,20H,8-9H2,1-4H3,(H,21,23,24). The van der Waals surface area contributed by atoms with Crippen LogP contribution in [-0.2, 0) is 9.59 Å². The number of rotatable bonds is 3. The molecule has 0 radical (unpaired) electrons. The predicted octanol–water partition coefficient (Wildman–Crippen LogP) is 1.93. The first kappa shape index (κ1) is 18.1. The minimum atomic E-state index is -0.951. The lowest BCUT2D eigenvalue weighted by molar-refractivity contribution is -0.136. The SMILES string of the molecule is CC(Nc1cccc2c1C(=O)N(C1CCC(=O)NC1=O)C2=O)C(C)(C)C. The van der Waals surface area contributed by atoms with E-state index in [1.807, 2.05) is 6.92 Å². The molecule has 0 saturated carbocycles. The maximum atomic E-state index is 13.0. The van der Waals surface area contributed by atoms with Gasteiger partial charge in [0.1, 0.15) is 6.04 Å². The number of imide groups is 2. The van der Waals surface area contributed by atoms with Crippen molar-refractivity contribution >= 4 is 29.3 Å². The summed E-state index contributed by atoms with van der Waals surface area (Å²) in [6.07, 6.45) is 0.257. The monoisotopic (exact) mass is 357 g/mol. The Hall–Kier alpha value is -2.70. The second-order valence-corrected chi connectivity index (χ2v) is 7.91. The largest absolute Gasteiger partial charge is 0.381 e. The highest BCUT2D eigenvalue weighted by atomic mass is 16.2. The number of nitrogens with zero attached hydrogens (tertiary/aromatic N) is 1. The van der Waals surface area contributed by atoms with E-state index in [1.165, 1.54) is 0 Å². The van der Waals surface area contributed by atoms with Gasteiger partial charge in [0.05, 0.1) is 11.1 Å². The van der Waals surface area contributed by atoms with Gasteiger partial charge in [-0.2, -0.15) is 0 Å². The van der Waals surface area contributed by atoms with Crippen molar-refractivity contribution in [1.82, 2.24) is 10.2 Å². The highest BCUT2D eigenvalue weighted by molar-refractivity contribution is 6.25. The van der Waals surface area contributed by atoms with Gasteiger partial charge in [0.15, 0.2) is 0 Å². The minimum Gasteiger partial charge on any atom is -0.381 e. The topological polar surface area (TPSA) is 95.6 Å². The summed E-state index contributed by atoms with van der Waals surface area (Å²) in [7, 11) is 0. The Morgan fingerprint density at radius 2 is 1.85 bits per heavy atom. The van der Waals surface area contributed by atoms with Gasteiger partial charge in [-0.05, 0) is 30.9 Å². The fraction of sp³-hybridized carbons (Fsp3) is 0.474. The van der Waals surface area contributed by atoms with Crippen LogP contribution in [0, 0.1) is 5.41 Å². The van der Waals surface area contributed by atoms with Crippen LogP contribution < -0.4 is 10.6 Å². The van der Waals surface area contributed by atoms with Crippen LogP contribution in [0.3, 0.4) is 0 Å². The highest BCUT2D eigenvalue weighted by Crippen LogP contribution is 2.34. The molecule has 138 valence electrons. The van der Waals surface area contributed by atoms with E-state index in [0.29, 0.717) is 11.3 Å². The maximum absolute atomic E-state index is 13.0. The van der Waals surface area contributed by atoms with E-state index in [-0.39, 0.29) is 35.8 Å². The van der Waals surface area contributed by atoms with E-state index in [2.05, 4.69) is 31.4 Å². The van der Waals surface area contributed by atoms with Crippen molar-refractivity contribution in [1.29, 1.82) is 0 Å². The lowest BCUT2D eigenvalue weighted by Crippen LogP contribution is -2.54. The minimum absolute atomic E-state index is 0.0440. The third-order valence-corrected chi connectivity index (χ3v) is 5.14. The number of hydrogen-bond acceptors (Lipinski definition) is 5. The Morgan fingerprint density at radius 3 is 2.46 bits per heavy atom. The second-order valence-electron chi connectivity index (χ2n) is 7.91. The third-order valence-electron chi connectivity index (χ3n) is 5.14. The Kier molecular flexibility index (Phi) is 4.34. The molecule has 0 aliphatic carbocycles. The molecule has 2 aliphatic heterocycles. The van der Waals surface area contributed by atoms with Gasteiger partial charge < -0.3 is 5.32 Å². The summed E-state index contributed by atoms with van der Waals surface area (Å²) < 4.78 is 0. The zero-order valence-electron chi connectivity index (χ0n) is 15.4. The molecule has 26 heavy (non-hydrogen) atoms. The van der Waals surface area contributed by atoms with Crippen LogP contribution in [0.2, 0.25) is 0 Å². The van der Waals surface area contributed by atoms with Crippen molar-refractivity contribution in [2.75, 3.05) is 5.32 Å². The molecule has 4 amide bonds. The first-order valence-corrected chi connectivity index (χ1v) is 8.72. The van der Waals surface area contributed by atoms with Crippen molar-refractivity contribution < 1.29 is 19.2 Å². The zero-order chi connectivity index (χ0) is 19.2. The summed E-state index contributed by atoms with van der Waals surface area (Å²) >= 11 is 0. The molecule has 7 heteroatoms. The zero-order valence-corrected chi connectivity index (χ0v) is 15.4.